The van der Waals surface area contributed by atoms with Crippen LogP contribution in [0.3, 0.4) is 0 Å². The molecule has 0 radical (unpaired) electrons. The summed E-state index contributed by atoms with van der Waals surface area (Å²) in [5.74, 6) is -1.05. The van der Waals surface area contributed by atoms with Crippen LogP contribution in [0.2, 0.25) is 0 Å². The van der Waals surface area contributed by atoms with Gasteiger partial charge in [0, 0.05) is 13.3 Å². The zero-order valence-electron chi connectivity index (χ0n) is 10.6. The standard InChI is InChI=1S/C11H15N2O6P/c1-7(14)13-10(11(12)15)6-8-2-4-9(5-3-8)19-20(16,17)18/h2-5,10H,6H2,1H3,(H2,12,15)(H,13,14)(H2,16,17,18)/t10-/m1/s1. The van der Waals surface area contributed by atoms with Gasteiger partial charge < -0.3 is 15.6 Å². The number of phosphoric acid groups is 1. The first-order valence-electron chi connectivity index (χ1n) is 5.58. The SMILES string of the molecule is CC(=O)N[C@H](Cc1ccc(OP(=O)(O)O)cc1)C(N)=O. The molecule has 110 valence electrons. The summed E-state index contributed by atoms with van der Waals surface area (Å²) in [5.41, 5.74) is 5.82. The average molecular weight is 302 g/mol. The predicted octanol–water partition coefficient (Wildman–Crippen LogP) is -0.309. The maximum absolute atomic E-state index is 11.2. The molecule has 8 nitrogen and oxygen atoms in total. The molecule has 0 unspecified atom stereocenters. The Morgan fingerprint density at radius 1 is 1.35 bits per heavy atom. The Bertz CT molecular complexity index is 538. The lowest BCUT2D eigenvalue weighted by molar-refractivity contribution is -0.126. The fourth-order valence-electron chi connectivity index (χ4n) is 1.53. The lowest BCUT2D eigenvalue weighted by Gasteiger charge is -2.14. The fraction of sp³-hybridized carbons (Fsp3) is 0.273. The number of nitrogens with one attached hydrogen (secondary N) is 1. The van der Waals surface area contributed by atoms with Gasteiger partial charge in [0.2, 0.25) is 11.8 Å². The highest BCUT2D eigenvalue weighted by atomic mass is 31.2. The molecule has 0 aromatic heterocycles. The van der Waals surface area contributed by atoms with E-state index in [0.717, 1.165) is 0 Å². The van der Waals surface area contributed by atoms with E-state index in [2.05, 4.69) is 9.84 Å². The molecule has 0 fully saturated rings. The molecule has 0 bridgehead atoms. The van der Waals surface area contributed by atoms with E-state index in [1.165, 1.54) is 31.2 Å². The van der Waals surface area contributed by atoms with E-state index in [9.17, 15) is 14.2 Å². The van der Waals surface area contributed by atoms with Crippen LogP contribution < -0.4 is 15.6 Å². The molecule has 0 saturated heterocycles. The van der Waals surface area contributed by atoms with Crippen molar-refractivity contribution in [1.29, 1.82) is 0 Å². The van der Waals surface area contributed by atoms with E-state index >= 15 is 0 Å². The van der Waals surface area contributed by atoms with Crippen LogP contribution in [0.5, 0.6) is 5.75 Å². The summed E-state index contributed by atoms with van der Waals surface area (Å²) < 4.78 is 15.0. The molecule has 0 aliphatic heterocycles. The lowest BCUT2D eigenvalue weighted by atomic mass is 10.1. The number of carbonyl (C=O) groups excluding carboxylic acids is 2. The molecule has 2 amide bonds. The summed E-state index contributed by atoms with van der Waals surface area (Å²) in [5, 5.41) is 2.41. The fourth-order valence-corrected chi connectivity index (χ4v) is 1.92. The Morgan fingerprint density at radius 3 is 2.30 bits per heavy atom. The van der Waals surface area contributed by atoms with Gasteiger partial charge in [0.1, 0.15) is 11.8 Å². The summed E-state index contributed by atoms with van der Waals surface area (Å²) >= 11 is 0. The zero-order valence-corrected chi connectivity index (χ0v) is 11.5. The van der Waals surface area contributed by atoms with Gasteiger partial charge in [-0.15, -0.1) is 0 Å². The number of benzene rings is 1. The molecular weight excluding hydrogens is 287 g/mol. The van der Waals surface area contributed by atoms with E-state index < -0.39 is 19.8 Å². The molecule has 0 spiro atoms. The summed E-state index contributed by atoms with van der Waals surface area (Å²) in [6.07, 6.45) is 0.172. The Morgan fingerprint density at radius 2 is 1.90 bits per heavy atom. The summed E-state index contributed by atoms with van der Waals surface area (Å²) in [7, 11) is -4.60. The van der Waals surface area contributed by atoms with Crippen molar-refractivity contribution in [1.82, 2.24) is 5.32 Å². The van der Waals surface area contributed by atoms with Gasteiger partial charge in [0.15, 0.2) is 0 Å². The Hall–Kier alpha value is -1.89. The second-order valence-corrected chi connectivity index (χ2v) is 5.25. The van der Waals surface area contributed by atoms with Crippen LogP contribution >= 0.6 is 7.82 Å². The second kappa shape index (κ2) is 6.51. The lowest BCUT2D eigenvalue weighted by Crippen LogP contribution is -2.44. The number of phosphoric ester groups is 1. The topological polar surface area (TPSA) is 139 Å². The minimum Gasteiger partial charge on any atom is -0.404 e. The molecule has 20 heavy (non-hydrogen) atoms. The third-order valence-corrected chi connectivity index (χ3v) is 2.76. The van der Waals surface area contributed by atoms with Gasteiger partial charge in [0.25, 0.3) is 0 Å². The predicted molar refractivity (Wildman–Crippen MR) is 69.6 cm³/mol. The van der Waals surface area contributed by atoms with E-state index in [1.54, 1.807) is 0 Å². The number of hydrogen-bond donors (Lipinski definition) is 4. The molecule has 1 aromatic rings. The highest BCUT2D eigenvalue weighted by Gasteiger charge is 2.18. The Balaban J connectivity index is 2.75. The third-order valence-electron chi connectivity index (χ3n) is 2.31. The Labute approximate surface area is 115 Å². The van der Waals surface area contributed by atoms with E-state index in [4.69, 9.17) is 15.5 Å². The maximum Gasteiger partial charge on any atom is 0.524 e. The van der Waals surface area contributed by atoms with Crippen molar-refractivity contribution in [3.05, 3.63) is 29.8 Å². The van der Waals surface area contributed by atoms with Crippen molar-refractivity contribution in [3.63, 3.8) is 0 Å². The maximum atomic E-state index is 11.2. The molecule has 0 saturated carbocycles. The number of amides is 2. The molecule has 1 atom stereocenters. The number of hydrogen-bond acceptors (Lipinski definition) is 4. The second-order valence-electron chi connectivity index (χ2n) is 4.09. The van der Waals surface area contributed by atoms with Gasteiger partial charge in [-0.05, 0) is 17.7 Å². The van der Waals surface area contributed by atoms with Crippen LogP contribution in [0.4, 0.5) is 0 Å². The van der Waals surface area contributed by atoms with Crippen molar-refractivity contribution in [3.8, 4) is 5.75 Å². The van der Waals surface area contributed by atoms with Crippen LogP contribution in [0.15, 0.2) is 24.3 Å². The summed E-state index contributed by atoms with van der Waals surface area (Å²) in [4.78, 5) is 39.4. The minimum atomic E-state index is -4.60. The van der Waals surface area contributed by atoms with E-state index in [1.807, 2.05) is 0 Å². The third kappa shape index (κ3) is 5.83. The first kappa shape index (κ1) is 16.2. The summed E-state index contributed by atoms with van der Waals surface area (Å²) in [6.45, 7) is 1.27. The average Bonchev–Trinajstić information content (AvgIpc) is 2.28. The highest BCUT2D eigenvalue weighted by Crippen LogP contribution is 2.37. The van der Waals surface area contributed by atoms with Crippen LogP contribution in [0.1, 0.15) is 12.5 Å². The van der Waals surface area contributed by atoms with Crippen molar-refractivity contribution in [2.24, 2.45) is 5.73 Å². The first-order chi connectivity index (χ1) is 9.17. The normalized spacial score (nSPS) is 12.6. The minimum absolute atomic E-state index is 0.00256. The van der Waals surface area contributed by atoms with Crippen molar-refractivity contribution in [2.45, 2.75) is 19.4 Å². The van der Waals surface area contributed by atoms with Gasteiger partial charge in [0.05, 0.1) is 0 Å². The van der Waals surface area contributed by atoms with E-state index in [-0.39, 0.29) is 18.1 Å². The smallest absolute Gasteiger partial charge is 0.404 e. The molecule has 1 rings (SSSR count). The molecule has 9 heteroatoms. The van der Waals surface area contributed by atoms with E-state index in [0.29, 0.717) is 5.56 Å². The molecular formula is C11H15N2O6P. The Kier molecular flexibility index (Phi) is 5.26. The van der Waals surface area contributed by atoms with Crippen LogP contribution in [0, 0.1) is 0 Å². The quantitative estimate of drug-likeness (QED) is 0.532. The van der Waals surface area contributed by atoms with Gasteiger partial charge >= 0.3 is 7.82 Å². The van der Waals surface area contributed by atoms with Crippen LogP contribution in [-0.4, -0.2) is 27.6 Å². The summed E-state index contributed by atoms with van der Waals surface area (Å²) in [6, 6.07) is 4.88. The van der Waals surface area contributed by atoms with Gasteiger partial charge in [-0.2, -0.15) is 0 Å². The molecule has 5 N–H and O–H groups in total. The number of rotatable bonds is 6. The molecule has 0 heterocycles. The van der Waals surface area contributed by atoms with Gasteiger partial charge in [-0.25, -0.2) is 4.57 Å². The van der Waals surface area contributed by atoms with Crippen molar-refractivity contribution in [2.75, 3.05) is 0 Å². The number of primary amides is 1. The highest BCUT2D eigenvalue weighted by molar-refractivity contribution is 7.46. The number of carbonyl (C=O) groups is 2. The van der Waals surface area contributed by atoms with Crippen molar-refractivity contribution < 1.29 is 28.5 Å². The van der Waals surface area contributed by atoms with Crippen molar-refractivity contribution >= 4 is 19.6 Å². The zero-order chi connectivity index (χ0) is 15.3. The van der Waals surface area contributed by atoms with Crippen LogP contribution in [-0.2, 0) is 20.6 Å². The van der Waals surface area contributed by atoms with Gasteiger partial charge in [-0.1, -0.05) is 12.1 Å². The monoisotopic (exact) mass is 302 g/mol. The largest absolute Gasteiger partial charge is 0.524 e. The van der Waals surface area contributed by atoms with Gasteiger partial charge in [-0.3, -0.25) is 19.4 Å². The number of nitrogens with two attached hydrogens (primary N) is 1. The van der Waals surface area contributed by atoms with Crippen LogP contribution in [0.25, 0.3) is 0 Å². The first-order valence-corrected chi connectivity index (χ1v) is 7.11. The molecule has 0 aliphatic rings. The molecule has 1 aromatic carbocycles. The molecule has 0 aliphatic carbocycles.